The SMILES string of the molecule is CCNC(=O)CNCC1CSc2ccccc21. The summed E-state index contributed by atoms with van der Waals surface area (Å²) in [4.78, 5) is 12.7. The van der Waals surface area contributed by atoms with Gasteiger partial charge in [-0.1, -0.05) is 18.2 Å². The number of likely N-dealkylation sites (N-methyl/N-ethyl adjacent to an activating group) is 1. The number of carbonyl (C=O) groups is 1. The summed E-state index contributed by atoms with van der Waals surface area (Å²) in [5.74, 6) is 1.72. The van der Waals surface area contributed by atoms with E-state index in [9.17, 15) is 4.79 Å². The van der Waals surface area contributed by atoms with Crippen molar-refractivity contribution in [3.8, 4) is 0 Å². The van der Waals surface area contributed by atoms with Gasteiger partial charge in [-0.3, -0.25) is 4.79 Å². The van der Waals surface area contributed by atoms with Crippen molar-refractivity contribution in [2.45, 2.75) is 17.7 Å². The molecule has 0 spiro atoms. The van der Waals surface area contributed by atoms with E-state index in [0.717, 1.165) is 12.3 Å². The van der Waals surface area contributed by atoms with Crippen LogP contribution in [0.25, 0.3) is 0 Å². The molecule has 1 heterocycles. The van der Waals surface area contributed by atoms with Gasteiger partial charge in [0.25, 0.3) is 0 Å². The van der Waals surface area contributed by atoms with Gasteiger partial charge >= 0.3 is 0 Å². The van der Waals surface area contributed by atoms with Crippen molar-refractivity contribution in [2.75, 3.05) is 25.4 Å². The Labute approximate surface area is 106 Å². The van der Waals surface area contributed by atoms with E-state index in [0.29, 0.717) is 19.0 Å². The van der Waals surface area contributed by atoms with Crippen molar-refractivity contribution in [1.82, 2.24) is 10.6 Å². The van der Waals surface area contributed by atoms with E-state index in [4.69, 9.17) is 0 Å². The molecule has 0 saturated carbocycles. The molecule has 92 valence electrons. The molecule has 0 saturated heterocycles. The van der Waals surface area contributed by atoms with Crippen LogP contribution >= 0.6 is 11.8 Å². The summed E-state index contributed by atoms with van der Waals surface area (Å²) < 4.78 is 0. The number of hydrogen-bond acceptors (Lipinski definition) is 3. The molecule has 1 amide bonds. The molecular weight excluding hydrogens is 232 g/mol. The first kappa shape index (κ1) is 12.5. The lowest BCUT2D eigenvalue weighted by Crippen LogP contribution is -2.35. The molecule has 0 bridgehead atoms. The molecule has 0 fully saturated rings. The topological polar surface area (TPSA) is 41.1 Å². The van der Waals surface area contributed by atoms with E-state index < -0.39 is 0 Å². The first-order valence-electron chi connectivity index (χ1n) is 6.00. The van der Waals surface area contributed by atoms with Crippen LogP contribution in [0.5, 0.6) is 0 Å². The summed E-state index contributed by atoms with van der Waals surface area (Å²) in [6.07, 6.45) is 0. The van der Waals surface area contributed by atoms with Crippen molar-refractivity contribution in [2.24, 2.45) is 0 Å². The van der Waals surface area contributed by atoms with E-state index in [1.165, 1.54) is 10.5 Å². The second-order valence-corrected chi connectivity index (χ2v) is 5.19. The van der Waals surface area contributed by atoms with Crippen LogP contribution < -0.4 is 10.6 Å². The summed E-state index contributed by atoms with van der Waals surface area (Å²) in [7, 11) is 0. The number of hydrogen-bond donors (Lipinski definition) is 2. The maximum Gasteiger partial charge on any atom is 0.233 e. The minimum Gasteiger partial charge on any atom is -0.355 e. The Morgan fingerprint density at radius 1 is 1.47 bits per heavy atom. The maximum absolute atomic E-state index is 11.3. The molecule has 1 unspecified atom stereocenters. The number of carbonyl (C=O) groups excluding carboxylic acids is 1. The zero-order valence-corrected chi connectivity index (χ0v) is 10.8. The highest BCUT2D eigenvalue weighted by Gasteiger charge is 2.22. The highest BCUT2D eigenvalue weighted by molar-refractivity contribution is 7.99. The van der Waals surface area contributed by atoms with Crippen molar-refractivity contribution in [3.05, 3.63) is 29.8 Å². The summed E-state index contributed by atoms with van der Waals surface area (Å²) in [6, 6.07) is 8.52. The summed E-state index contributed by atoms with van der Waals surface area (Å²) in [6.45, 7) is 3.92. The molecule has 0 aromatic heterocycles. The standard InChI is InChI=1S/C13H18N2OS/c1-2-15-13(16)8-14-7-10-9-17-12-6-4-3-5-11(10)12/h3-6,10,14H,2,7-9H2,1H3,(H,15,16). The van der Waals surface area contributed by atoms with E-state index in [-0.39, 0.29) is 5.91 Å². The maximum atomic E-state index is 11.3. The monoisotopic (exact) mass is 250 g/mol. The Morgan fingerprint density at radius 3 is 3.12 bits per heavy atom. The number of rotatable bonds is 5. The van der Waals surface area contributed by atoms with Crippen molar-refractivity contribution in [3.63, 3.8) is 0 Å². The molecule has 4 heteroatoms. The number of fused-ring (bicyclic) bond motifs is 1. The predicted molar refractivity (Wildman–Crippen MR) is 71.5 cm³/mol. The Bertz CT molecular complexity index is 395. The third-order valence-electron chi connectivity index (χ3n) is 2.85. The first-order valence-corrected chi connectivity index (χ1v) is 6.99. The second kappa shape index (κ2) is 6.07. The van der Waals surface area contributed by atoms with Crippen LogP contribution in [0, 0.1) is 0 Å². The second-order valence-electron chi connectivity index (χ2n) is 4.13. The summed E-state index contributed by atoms with van der Waals surface area (Å²) >= 11 is 1.90. The molecule has 3 nitrogen and oxygen atoms in total. The van der Waals surface area contributed by atoms with Gasteiger partial charge in [-0.15, -0.1) is 11.8 Å². The molecule has 1 aliphatic rings. The number of thioether (sulfide) groups is 1. The van der Waals surface area contributed by atoms with E-state index >= 15 is 0 Å². The van der Waals surface area contributed by atoms with Crippen LogP contribution in [0.3, 0.4) is 0 Å². The fraction of sp³-hybridized carbons (Fsp3) is 0.462. The molecular formula is C13H18N2OS. The van der Waals surface area contributed by atoms with E-state index in [1.807, 2.05) is 18.7 Å². The van der Waals surface area contributed by atoms with Crippen LogP contribution in [-0.2, 0) is 4.79 Å². The van der Waals surface area contributed by atoms with Gasteiger partial charge in [-0.25, -0.2) is 0 Å². The average molecular weight is 250 g/mol. The van der Waals surface area contributed by atoms with Gasteiger partial charge in [-0.05, 0) is 18.6 Å². The third kappa shape index (κ3) is 3.23. The van der Waals surface area contributed by atoms with E-state index in [1.54, 1.807) is 0 Å². The van der Waals surface area contributed by atoms with Gasteiger partial charge in [0.1, 0.15) is 0 Å². The van der Waals surface area contributed by atoms with Crippen LogP contribution in [0.1, 0.15) is 18.4 Å². The molecule has 1 aliphatic heterocycles. The molecule has 0 aliphatic carbocycles. The normalized spacial score (nSPS) is 17.8. The third-order valence-corrected chi connectivity index (χ3v) is 4.10. The highest BCUT2D eigenvalue weighted by atomic mass is 32.2. The number of benzene rings is 1. The molecule has 2 N–H and O–H groups in total. The minimum atomic E-state index is 0.0754. The summed E-state index contributed by atoms with van der Waals surface area (Å²) in [5, 5.41) is 6.01. The average Bonchev–Trinajstić information content (AvgIpc) is 2.73. The van der Waals surface area contributed by atoms with Crippen molar-refractivity contribution >= 4 is 17.7 Å². The molecule has 2 rings (SSSR count). The quantitative estimate of drug-likeness (QED) is 0.834. The van der Waals surface area contributed by atoms with Gasteiger partial charge in [0, 0.05) is 29.7 Å². The zero-order chi connectivity index (χ0) is 12.1. The van der Waals surface area contributed by atoms with Crippen LogP contribution in [0.2, 0.25) is 0 Å². The van der Waals surface area contributed by atoms with Gasteiger partial charge in [0.05, 0.1) is 6.54 Å². The molecule has 1 atom stereocenters. The Morgan fingerprint density at radius 2 is 2.29 bits per heavy atom. The molecule has 17 heavy (non-hydrogen) atoms. The van der Waals surface area contributed by atoms with Gasteiger partial charge < -0.3 is 10.6 Å². The van der Waals surface area contributed by atoms with Gasteiger partial charge in [0.15, 0.2) is 0 Å². The molecule has 1 aromatic carbocycles. The van der Waals surface area contributed by atoms with Crippen molar-refractivity contribution in [1.29, 1.82) is 0 Å². The zero-order valence-electron chi connectivity index (χ0n) is 10.0. The van der Waals surface area contributed by atoms with Crippen LogP contribution in [-0.4, -0.2) is 31.3 Å². The van der Waals surface area contributed by atoms with Gasteiger partial charge in [-0.2, -0.15) is 0 Å². The first-order chi connectivity index (χ1) is 8.31. The lowest BCUT2D eigenvalue weighted by Gasteiger charge is -2.11. The lowest BCUT2D eigenvalue weighted by molar-refractivity contribution is -0.120. The fourth-order valence-electron chi connectivity index (χ4n) is 2.02. The van der Waals surface area contributed by atoms with Crippen molar-refractivity contribution < 1.29 is 4.79 Å². The fourth-order valence-corrected chi connectivity index (χ4v) is 3.27. The van der Waals surface area contributed by atoms with E-state index in [2.05, 4.69) is 34.9 Å². The number of amides is 1. The van der Waals surface area contributed by atoms with Crippen LogP contribution in [0.15, 0.2) is 29.2 Å². The molecule has 0 radical (unpaired) electrons. The molecule has 1 aromatic rings. The number of nitrogens with one attached hydrogen (secondary N) is 2. The van der Waals surface area contributed by atoms with Crippen LogP contribution in [0.4, 0.5) is 0 Å². The highest BCUT2D eigenvalue weighted by Crippen LogP contribution is 2.38. The van der Waals surface area contributed by atoms with Gasteiger partial charge in [0.2, 0.25) is 5.91 Å². The summed E-state index contributed by atoms with van der Waals surface area (Å²) in [5.41, 5.74) is 1.42. The Balaban J connectivity index is 1.80. The smallest absolute Gasteiger partial charge is 0.233 e. The minimum absolute atomic E-state index is 0.0754. The predicted octanol–water partition coefficient (Wildman–Crippen LogP) is 1.60. The Hall–Kier alpha value is -1.00. The lowest BCUT2D eigenvalue weighted by atomic mass is 10.0. The Kier molecular flexibility index (Phi) is 4.45. The largest absolute Gasteiger partial charge is 0.355 e.